The largest absolute Gasteiger partial charge is 0.299 e. The first-order valence-electron chi connectivity index (χ1n) is 8.75. The second-order valence-corrected chi connectivity index (χ2v) is 6.66. The highest BCUT2D eigenvalue weighted by Crippen LogP contribution is 2.30. The van der Waals surface area contributed by atoms with Crippen LogP contribution in [0.5, 0.6) is 0 Å². The Labute approximate surface area is 154 Å². The van der Waals surface area contributed by atoms with E-state index in [1.54, 1.807) is 12.4 Å². The Hall–Kier alpha value is -3.04. The van der Waals surface area contributed by atoms with E-state index in [1.807, 2.05) is 6.07 Å². The monoisotopic (exact) mass is 339 g/mol. The Balaban J connectivity index is 1.77. The van der Waals surface area contributed by atoms with Gasteiger partial charge in [-0.1, -0.05) is 54.6 Å². The first-order chi connectivity index (χ1) is 12.7. The Morgan fingerprint density at radius 2 is 1.35 bits per heavy atom. The van der Waals surface area contributed by atoms with E-state index in [-0.39, 0.29) is 6.04 Å². The summed E-state index contributed by atoms with van der Waals surface area (Å²) in [6.07, 6.45) is 3.46. The molecule has 128 valence electrons. The lowest BCUT2D eigenvalue weighted by molar-refractivity contribution is 0.342. The number of fused-ring (bicyclic) bond motifs is 1. The molecule has 0 saturated carbocycles. The summed E-state index contributed by atoms with van der Waals surface area (Å²) in [5.41, 5.74) is 6.76. The van der Waals surface area contributed by atoms with Crippen molar-refractivity contribution in [2.45, 2.75) is 6.04 Å². The molecule has 1 heterocycles. The van der Waals surface area contributed by atoms with Crippen LogP contribution in [0.25, 0.3) is 22.2 Å². The smallest absolute Gasteiger partial charge is 0.0892 e. The zero-order valence-corrected chi connectivity index (χ0v) is 15.0. The highest BCUT2D eigenvalue weighted by molar-refractivity contribution is 5.81. The van der Waals surface area contributed by atoms with Gasteiger partial charge < -0.3 is 0 Å². The molecule has 1 aromatic heterocycles. The lowest BCUT2D eigenvalue weighted by Crippen LogP contribution is -2.21. The van der Waals surface area contributed by atoms with Crippen molar-refractivity contribution in [3.05, 3.63) is 96.3 Å². The van der Waals surface area contributed by atoms with Gasteiger partial charge >= 0.3 is 0 Å². The van der Waals surface area contributed by atoms with E-state index in [0.29, 0.717) is 0 Å². The highest BCUT2D eigenvalue weighted by atomic mass is 15.1. The van der Waals surface area contributed by atoms with Gasteiger partial charge in [-0.25, -0.2) is 0 Å². The van der Waals surface area contributed by atoms with Gasteiger partial charge in [0.15, 0.2) is 0 Å². The van der Waals surface area contributed by atoms with Crippen LogP contribution in [0.15, 0.2) is 85.2 Å². The maximum Gasteiger partial charge on any atom is 0.0892 e. The van der Waals surface area contributed by atoms with Crippen molar-refractivity contribution < 1.29 is 0 Å². The minimum Gasteiger partial charge on any atom is -0.299 e. The standard InChI is InChI=1S/C23H21N3/c1-26(2)23(17-7-4-3-5-8-17)20-10-6-9-18(15-20)19-11-12-21-22(16-19)25-14-13-24-21/h3-16,23H,1-2H3/t23-/m1/s1. The molecule has 3 nitrogen and oxygen atoms in total. The fourth-order valence-electron chi connectivity index (χ4n) is 3.46. The minimum atomic E-state index is 0.219. The molecule has 4 rings (SSSR count). The summed E-state index contributed by atoms with van der Waals surface area (Å²) in [5.74, 6) is 0. The molecule has 1 atom stereocenters. The van der Waals surface area contributed by atoms with Crippen LogP contribution in [0.2, 0.25) is 0 Å². The molecule has 0 bridgehead atoms. The molecule has 0 fully saturated rings. The molecular weight excluding hydrogens is 318 g/mol. The fourth-order valence-corrected chi connectivity index (χ4v) is 3.46. The summed E-state index contributed by atoms with van der Waals surface area (Å²) in [5, 5.41) is 0. The van der Waals surface area contributed by atoms with Crippen molar-refractivity contribution in [2.24, 2.45) is 0 Å². The van der Waals surface area contributed by atoms with E-state index in [4.69, 9.17) is 0 Å². The first kappa shape index (κ1) is 16.4. The van der Waals surface area contributed by atoms with Gasteiger partial charge in [0, 0.05) is 12.4 Å². The van der Waals surface area contributed by atoms with Crippen molar-refractivity contribution in [3.8, 4) is 11.1 Å². The van der Waals surface area contributed by atoms with Crippen LogP contribution in [0.4, 0.5) is 0 Å². The fraction of sp³-hybridized carbons (Fsp3) is 0.130. The Morgan fingerprint density at radius 3 is 2.12 bits per heavy atom. The van der Waals surface area contributed by atoms with Crippen LogP contribution in [0.1, 0.15) is 17.2 Å². The van der Waals surface area contributed by atoms with Crippen LogP contribution in [-0.2, 0) is 0 Å². The number of hydrogen-bond acceptors (Lipinski definition) is 3. The number of benzene rings is 3. The molecule has 0 amide bonds. The molecule has 4 aromatic rings. The summed E-state index contributed by atoms with van der Waals surface area (Å²) in [6.45, 7) is 0. The van der Waals surface area contributed by atoms with Crippen LogP contribution in [0.3, 0.4) is 0 Å². The van der Waals surface area contributed by atoms with Gasteiger partial charge in [-0.05, 0) is 54.5 Å². The summed E-state index contributed by atoms with van der Waals surface area (Å²) >= 11 is 0. The van der Waals surface area contributed by atoms with E-state index in [2.05, 4.69) is 95.7 Å². The minimum absolute atomic E-state index is 0.219. The molecule has 3 heteroatoms. The number of aromatic nitrogens is 2. The van der Waals surface area contributed by atoms with E-state index >= 15 is 0 Å². The molecule has 3 aromatic carbocycles. The predicted octanol–water partition coefficient (Wildman–Crippen LogP) is 4.95. The van der Waals surface area contributed by atoms with Crippen molar-refractivity contribution >= 4 is 11.0 Å². The second kappa shape index (κ2) is 7.06. The quantitative estimate of drug-likeness (QED) is 0.527. The van der Waals surface area contributed by atoms with Crippen molar-refractivity contribution in [3.63, 3.8) is 0 Å². The molecule has 0 aliphatic heterocycles. The third-order valence-corrected chi connectivity index (χ3v) is 4.64. The van der Waals surface area contributed by atoms with Crippen molar-refractivity contribution in [1.29, 1.82) is 0 Å². The summed E-state index contributed by atoms with van der Waals surface area (Å²) < 4.78 is 0. The SMILES string of the molecule is CN(C)[C@H](c1ccccc1)c1cccc(-c2ccc3nccnc3c2)c1. The summed E-state index contributed by atoms with van der Waals surface area (Å²) in [4.78, 5) is 11.0. The number of rotatable bonds is 4. The molecule has 0 aliphatic rings. The van der Waals surface area contributed by atoms with Crippen LogP contribution in [0, 0.1) is 0 Å². The average Bonchev–Trinajstić information content (AvgIpc) is 2.68. The van der Waals surface area contributed by atoms with Gasteiger partial charge in [0.05, 0.1) is 17.1 Å². The topological polar surface area (TPSA) is 29.0 Å². The van der Waals surface area contributed by atoms with Gasteiger partial charge in [0.1, 0.15) is 0 Å². The number of hydrogen-bond donors (Lipinski definition) is 0. The second-order valence-electron chi connectivity index (χ2n) is 6.66. The average molecular weight is 339 g/mol. The van der Waals surface area contributed by atoms with E-state index in [1.165, 1.54) is 16.7 Å². The maximum absolute atomic E-state index is 4.43. The molecule has 0 unspecified atom stereocenters. The van der Waals surface area contributed by atoms with Crippen LogP contribution < -0.4 is 0 Å². The lowest BCUT2D eigenvalue weighted by atomic mass is 9.94. The van der Waals surface area contributed by atoms with Gasteiger partial charge in [-0.2, -0.15) is 0 Å². The maximum atomic E-state index is 4.43. The molecule has 0 N–H and O–H groups in total. The van der Waals surface area contributed by atoms with Crippen molar-refractivity contribution in [2.75, 3.05) is 14.1 Å². The number of nitrogens with zero attached hydrogens (tertiary/aromatic N) is 3. The van der Waals surface area contributed by atoms with E-state index in [0.717, 1.165) is 16.6 Å². The molecule has 0 saturated heterocycles. The molecule has 26 heavy (non-hydrogen) atoms. The van der Waals surface area contributed by atoms with Crippen LogP contribution >= 0.6 is 0 Å². The molecular formula is C23H21N3. The zero-order valence-electron chi connectivity index (χ0n) is 15.0. The Bertz CT molecular complexity index is 1030. The third-order valence-electron chi connectivity index (χ3n) is 4.64. The molecule has 0 aliphatic carbocycles. The highest BCUT2D eigenvalue weighted by Gasteiger charge is 2.16. The van der Waals surface area contributed by atoms with Crippen LogP contribution in [-0.4, -0.2) is 29.0 Å². The van der Waals surface area contributed by atoms with Crippen molar-refractivity contribution in [1.82, 2.24) is 14.9 Å². The molecule has 0 radical (unpaired) electrons. The lowest BCUT2D eigenvalue weighted by Gasteiger charge is -2.25. The zero-order chi connectivity index (χ0) is 17.9. The van der Waals surface area contributed by atoms with Gasteiger partial charge in [0.25, 0.3) is 0 Å². The van der Waals surface area contributed by atoms with Gasteiger partial charge in [0.2, 0.25) is 0 Å². The van der Waals surface area contributed by atoms with E-state index < -0.39 is 0 Å². The normalized spacial score (nSPS) is 12.4. The first-order valence-corrected chi connectivity index (χ1v) is 8.75. The third kappa shape index (κ3) is 3.22. The predicted molar refractivity (Wildman–Crippen MR) is 107 cm³/mol. The summed E-state index contributed by atoms with van der Waals surface area (Å²) in [6, 6.07) is 25.8. The van der Waals surface area contributed by atoms with Gasteiger partial charge in [-0.15, -0.1) is 0 Å². The Kier molecular flexibility index (Phi) is 4.46. The van der Waals surface area contributed by atoms with Gasteiger partial charge in [-0.3, -0.25) is 14.9 Å². The Morgan fingerprint density at radius 1 is 0.654 bits per heavy atom. The summed E-state index contributed by atoms with van der Waals surface area (Å²) in [7, 11) is 4.24. The molecule has 0 spiro atoms. The van der Waals surface area contributed by atoms with E-state index in [9.17, 15) is 0 Å².